The fourth-order valence-corrected chi connectivity index (χ4v) is 1.73. The number of carbonyl (C=O) groups excluding carboxylic acids is 1. The molecule has 0 atom stereocenters. The fraction of sp³-hybridized carbons (Fsp3) is 0.308. The van der Waals surface area contributed by atoms with Gasteiger partial charge in [-0.3, -0.25) is 4.99 Å². The van der Waals surface area contributed by atoms with Gasteiger partial charge in [0.1, 0.15) is 6.61 Å². The predicted molar refractivity (Wildman–Crippen MR) is 70.1 cm³/mol. The first-order valence-electron chi connectivity index (χ1n) is 5.68. The summed E-state index contributed by atoms with van der Waals surface area (Å²) in [5, 5.41) is 0.298. The van der Waals surface area contributed by atoms with E-state index in [0.29, 0.717) is 5.02 Å². The van der Waals surface area contributed by atoms with Gasteiger partial charge in [0.25, 0.3) is 0 Å². The smallest absolute Gasteiger partial charge is 0.358 e. The van der Waals surface area contributed by atoms with Crippen molar-refractivity contribution in [2.24, 2.45) is 4.99 Å². The minimum atomic E-state index is -0.523. The third-order valence-electron chi connectivity index (χ3n) is 2.46. The summed E-state index contributed by atoms with van der Waals surface area (Å²) in [7, 11) is 0. The maximum Gasteiger partial charge on any atom is 0.358 e. The molecular weight excluding hydrogens is 252 g/mol. The molecule has 2 heterocycles. The molecular formula is C13H13ClN2O2. The number of pyridine rings is 1. The topological polar surface area (TPSA) is 51.5 Å². The molecule has 1 aromatic heterocycles. The number of ether oxygens (including phenoxy) is 1. The third kappa shape index (κ3) is 3.17. The van der Waals surface area contributed by atoms with Crippen LogP contribution >= 0.6 is 11.6 Å². The van der Waals surface area contributed by atoms with Crippen LogP contribution in [-0.2, 0) is 4.74 Å². The van der Waals surface area contributed by atoms with Gasteiger partial charge >= 0.3 is 5.97 Å². The number of nitrogens with zero attached hydrogens (tertiary/aromatic N) is 2. The van der Waals surface area contributed by atoms with Crippen LogP contribution in [0.25, 0.3) is 0 Å². The Balaban J connectivity index is 2.01. The van der Waals surface area contributed by atoms with Gasteiger partial charge in [-0.2, -0.15) is 0 Å². The van der Waals surface area contributed by atoms with Crippen LogP contribution in [0.15, 0.2) is 28.9 Å². The maximum absolute atomic E-state index is 11.8. The molecule has 94 valence electrons. The fourth-order valence-electron chi connectivity index (χ4n) is 1.55. The molecule has 1 aliphatic rings. The number of rotatable bonds is 3. The lowest BCUT2D eigenvalue weighted by atomic mass is 10.2. The van der Waals surface area contributed by atoms with E-state index in [1.165, 1.54) is 0 Å². The van der Waals surface area contributed by atoms with E-state index in [1.54, 1.807) is 19.1 Å². The van der Waals surface area contributed by atoms with E-state index >= 15 is 0 Å². The van der Waals surface area contributed by atoms with Crippen LogP contribution in [0.1, 0.15) is 29.0 Å². The van der Waals surface area contributed by atoms with Gasteiger partial charge in [0.05, 0.1) is 10.7 Å². The molecule has 5 heteroatoms. The van der Waals surface area contributed by atoms with Crippen LogP contribution in [-0.4, -0.2) is 23.8 Å². The van der Waals surface area contributed by atoms with Crippen molar-refractivity contribution in [3.05, 3.63) is 40.3 Å². The number of esters is 1. The number of aliphatic imine (C=N–C) groups is 1. The first-order chi connectivity index (χ1) is 8.66. The molecule has 0 saturated heterocycles. The first kappa shape index (κ1) is 12.8. The first-order valence-corrected chi connectivity index (χ1v) is 6.06. The molecule has 0 aliphatic carbocycles. The Morgan fingerprint density at radius 1 is 1.44 bits per heavy atom. The number of carbonyl (C=O) groups is 1. The lowest BCUT2D eigenvalue weighted by molar-refractivity contribution is 0.0532. The molecule has 4 nitrogen and oxygen atoms in total. The van der Waals surface area contributed by atoms with Gasteiger partial charge in [-0.25, -0.2) is 9.78 Å². The minimum absolute atomic E-state index is 0.150. The van der Waals surface area contributed by atoms with Crippen molar-refractivity contribution >= 4 is 23.8 Å². The van der Waals surface area contributed by atoms with Crippen LogP contribution in [0.3, 0.4) is 0 Å². The SMILES string of the molecule is Cc1ccc(Cl)c(C(=O)OCC2=CCCC=N2)n1. The van der Waals surface area contributed by atoms with Gasteiger partial charge in [0, 0.05) is 11.9 Å². The Bertz CT molecular complexity index is 524. The molecule has 1 aromatic rings. The summed E-state index contributed by atoms with van der Waals surface area (Å²) >= 11 is 5.91. The van der Waals surface area contributed by atoms with Crippen molar-refractivity contribution in [1.82, 2.24) is 4.98 Å². The van der Waals surface area contributed by atoms with Crippen molar-refractivity contribution in [2.75, 3.05) is 6.61 Å². The summed E-state index contributed by atoms with van der Waals surface area (Å²) in [5.74, 6) is -0.523. The lowest BCUT2D eigenvalue weighted by Gasteiger charge is -2.08. The van der Waals surface area contributed by atoms with Crippen molar-refractivity contribution < 1.29 is 9.53 Å². The zero-order valence-electron chi connectivity index (χ0n) is 10.0. The number of hydrogen-bond acceptors (Lipinski definition) is 4. The summed E-state index contributed by atoms with van der Waals surface area (Å²) in [4.78, 5) is 20.0. The number of halogens is 1. The van der Waals surface area contributed by atoms with Gasteiger partial charge in [-0.15, -0.1) is 0 Å². The zero-order chi connectivity index (χ0) is 13.0. The Hall–Kier alpha value is -1.68. The molecule has 0 saturated carbocycles. The highest BCUT2D eigenvalue weighted by atomic mass is 35.5. The third-order valence-corrected chi connectivity index (χ3v) is 2.77. The molecule has 0 amide bonds. The Morgan fingerprint density at radius 3 is 3.00 bits per heavy atom. The second-order valence-electron chi connectivity index (χ2n) is 3.94. The standard InChI is InChI=1S/C13H13ClN2O2/c1-9-5-6-11(14)12(16-9)13(17)18-8-10-4-2-3-7-15-10/h4-7H,2-3,8H2,1H3. The van der Waals surface area contributed by atoms with Crippen LogP contribution in [0.4, 0.5) is 0 Å². The van der Waals surface area contributed by atoms with Crippen molar-refractivity contribution in [1.29, 1.82) is 0 Å². The molecule has 0 N–H and O–H groups in total. The van der Waals surface area contributed by atoms with E-state index in [9.17, 15) is 4.79 Å². The van der Waals surface area contributed by atoms with Crippen molar-refractivity contribution in [3.63, 3.8) is 0 Å². The van der Waals surface area contributed by atoms with E-state index < -0.39 is 5.97 Å². The van der Waals surface area contributed by atoms with Gasteiger partial charge in [0.15, 0.2) is 5.69 Å². The van der Waals surface area contributed by atoms with Crippen LogP contribution in [0.2, 0.25) is 5.02 Å². The lowest BCUT2D eigenvalue weighted by Crippen LogP contribution is -2.11. The molecule has 18 heavy (non-hydrogen) atoms. The van der Waals surface area contributed by atoms with Gasteiger partial charge in [-0.1, -0.05) is 17.7 Å². The largest absolute Gasteiger partial charge is 0.454 e. The molecule has 0 fully saturated rings. The number of hydrogen-bond donors (Lipinski definition) is 0. The second-order valence-corrected chi connectivity index (χ2v) is 4.35. The van der Waals surface area contributed by atoms with E-state index in [4.69, 9.17) is 16.3 Å². The van der Waals surface area contributed by atoms with Crippen LogP contribution < -0.4 is 0 Å². The average molecular weight is 265 g/mol. The van der Waals surface area contributed by atoms with Crippen LogP contribution in [0.5, 0.6) is 0 Å². The van der Waals surface area contributed by atoms with E-state index in [1.807, 2.05) is 12.3 Å². The monoisotopic (exact) mass is 264 g/mol. The molecule has 2 rings (SSSR count). The summed E-state index contributed by atoms with van der Waals surface area (Å²) in [5.41, 5.74) is 1.64. The number of allylic oxidation sites excluding steroid dienone is 1. The average Bonchev–Trinajstić information content (AvgIpc) is 2.40. The predicted octanol–water partition coefficient (Wildman–Crippen LogP) is 2.95. The molecule has 1 aliphatic heterocycles. The number of aryl methyl sites for hydroxylation is 1. The molecule has 0 aromatic carbocycles. The van der Waals surface area contributed by atoms with E-state index in [0.717, 1.165) is 24.2 Å². The summed E-state index contributed by atoms with van der Waals surface area (Å²) in [6.07, 6.45) is 5.64. The van der Waals surface area contributed by atoms with Crippen LogP contribution in [0, 0.1) is 6.92 Å². The van der Waals surface area contributed by atoms with E-state index in [2.05, 4.69) is 9.98 Å². The van der Waals surface area contributed by atoms with Crippen molar-refractivity contribution in [2.45, 2.75) is 19.8 Å². The summed E-state index contributed by atoms with van der Waals surface area (Å²) in [6.45, 7) is 1.95. The number of aromatic nitrogens is 1. The van der Waals surface area contributed by atoms with Gasteiger partial charge in [-0.05, 0) is 31.9 Å². The Kier molecular flexibility index (Phi) is 4.10. The zero-order valence-corrected chi connectivity index (χ0v) is 10.8. The van der Waals surface area contributed by atoms with Gasteiger partial charge < -0.3 is 4.74 Å². The highest BCUT2D eigenvalue weighted by molar-refractivity contribution is 6.33. The van der Waals surface area contributed by atoms with E-state index in [-0.39, 0.29) is 12.3 Å². The highest BCUT2D eigenvalue weighted by Gasteiger charge is 2.14. The molecule has 0 radical (unpaired) electrons. The second kappa shape index (κ2) is 5.78. The molecule has 0 spiro atoms. The van der Waals surface area contributed by atoms with Crippen molar-refractivity contribution in [3.8, 4) is 0 Å². The molecule has 0 unspecified atom stereocenters. The Labute approximate surface area is 110 Å². The summed E-state index contributed by atoms with van der Waals surface area (Å²) < 4.78 is 5.14. The normalized spacial score (nSPS) is 14.2. The Morgan fingerprint density at radius 2 is 2.28 bits per heavy atom. The summed E-state index contributed by atoms with van der Waals surface area (Å²) in [6, 6.07) is 3.38. The minimum Gasteiger partial charge on any atom is -0.454 e. The quantitative estimate of drug-likeness (QED) is 0.789. The van der Waals surface area contributed by atoms with Gasteiger partial charge in [0.2, 0.25) is 0 Å². The highest BCUT2D eigenvalue weighted by Crippen LogP contribution is 2.16. The maximum atomic E-state index is 11.8. The molecule has 0 bridgehead atoms.